The molecule has 1 fully saturated rings. The highest BCUT2D eigenvalue weighted by Gasteiger charge is 2.42. The van der Waals surface area contributed by atoms with Crippen LogP contribution in [0, 0.1) is 5.92 Å². The third-order valence-electron chi connectivity index (χ3n) is 4.57. The lowest BCUT2D eigenvalue weighted by Gasteiger charge is -2.30. The zero-order chi connectivity index (χ0) is 14.3. The van der Waals surface area contributed by atoms with Crippen molar-refractivity contribution in [1.29, 1.82) is 0 Å². The Bertz CT molecular complexity index is 474. The average molecular weight is 288 g/mol. The van der Waals surface area contributed by atoms with Gasteiger partial charge in [0.15, 0.2) is 0 Å². The van der Waals surface area contributed by atoms with E-state index in [1.165, 1.54) is 0 Å². The van der Waals surface area contributed by atoms with Gasteiger partial charge in [-0.1, -0.05) is 0 Å². The fourth-order valence-electron chi connectivity index (χ4n) is 3.35. The molecule has 112 valence electrons. The standard InChI is InChI=1S/C13H19F3N4/c14-13(15,16)9-3-1-8(2-4-9)12-19-18-11-6-5-10(17)7-20(11)12/h8-10H,1-7,17H2. The van der Waals surface area contributed by atoms with Crippen LogP contribution in [0.25, 0.3) is 0 Å². The second-order valence-electron chi connectivity index (χ2n) is 5.97. The summed E-state index contributed by atoms with van der Waals surface area (Å²) in [6.45, 7) is 0.691. The van der Waals surface area contributed by atoms with Crippen LogP contribution in [0.1, 0.15) is 49.7 Å². The van der Waals surface area contributed by atoms with Gasteiger partial charge < -0.3 is 10.3 Å². The number of nitrogens with two attached hydrogens (primary N) is 1. The van der Waals surface area contributed by atoms with Gasteiger partial charge >= 0.3 is 6.18 Å². The van der Waals surface area contributed by atoms with Gasteiger partial charge in [0.05, 0.1) is 5.92 Å². The van der Waals surface area contributed by atoms with Gasteiger partial charge in [-0.05, 0) is 32.1 Å². The predicted molar refractivity (Wildman–Crippen MR) is 67.1 cm³/mol. The molecule has 0 saturated heterocycles. The summed E-state index contributed by atoms with van der Waals surface area (Å²) in [7, 11) is 0. The third-order valence-corrected chi connectivity index (χ3v) is 4.57. The van der Waals surface area contributed by atoms with Crippen LogP contribution in [0.3, 0.4) is 0 Å². The number of fused-ring (bicyclic) bond motifs is 1. The first kappa shape index (κ1) is 13.9. The quantitative estimate of drug-likeness (QED) is 0.863. The zero-order valence-electron chi connectivity index (χ0n) is 11.2. The Balaban J connectivity index is 1.72. The molecule has 2 N–H and O–H groups in total. The molecule has 7 heteroatoms. The lowest BCUT2D eigenvalue weighted by Crippen LogP contribution is -2.34. The number of aromatic nitrogens is 3. The average Bonchev–Trinajstić information content (AvgIpc) is 2.81. The van der Waals surface area contributed by atoms with Gasteiger partial charge in [0.25, 0.3) is 0 Å². The van der Waals surface area contributed by atoms with Crippen LogP contribution < -0.4 is 5.73 Å². The van der Waals surface area contributed by atoms with E-state index in [0.29, 0.717) is 19.4 Å². The number of nitrogens with zero attached hydrogens (tertiary/aromatic N) is 3. The van der Waals surface area contributed by atoms with Crippen LogP contribution in [-0.2, 0) is 13.0 Å². The van der Waals surface area contributed by atoms with Gasteiger partial charge in [0.1, 0.15) is 11.6 Å². The third kappa shape index (κ3) is 2.55. The van der Waals surface area contributed by atoms with Crippen molar-refractivity contribution in [3.63, 3.8) is 0 Å². The summed E-state index contributed by atoms with van der Waals surface area (Å²) in [5.74, 6) is 0.723. The van der Waals surface area contributed by atoms with Crippen LogP contribution >= 0.6 is 0 Å². The van der Waals surface area contributed by atoms with Crippen LogP contribution in [0.5, 0.6) is 0 Å². The highest BCUT2D eigenvalue weighted by molar-refractivity contribution is 5.07. The van der Waals surface area contributed by atoms with Crippen LogP contribution in [0.2, 0.25) is 0 Å². The molecule has 0 aromatic carbocycles. The Morgan fingerprint density at radius 2 is 1.75 bits per heavy atom. The Morgan fingerprint density at radius 3 is 2.40 bits per heavy atom. The smallest absolute Gasteiger partial charge is 0.326 e. The fourth-order valence-corrected chi connectivity index (χ4v) is 3.35. The minimum Gasteiger partial charge on any atom is -0.326 e. The maximum Gasteiger partial charge on any atom is 0.391 e. The number of hydrogen-bond acceptors (Lipinski definition) is 3. The van der Waals surface area contributed by atoms with Crippen LogP contribution in [-0.4, -0.2) is 27.0 Å². The van der Waals surface area contributed by atoms with Crippen molar-refractivity contribution < 1.29 is 13.2 Å². The van der Waals surface area contributed by atoms with Crippen molar-refractivity contribution in [2.75, 3.05) is 0 Å². The summed E-state index contributed by atoms with van der Waals surface area (Å²) in [5.41, 5.74) is 5.96. The lowest BCUT2D eigenvalue weighted by atomic mass is 9.81. The van der Waals surface area contributed by atoms with Crippen LogP contribution in [0.15, 0.2) is 0 Å². The van der Waals surface area contributed by atoms with E-state index < -0.39 is 12.1 Å². The van der Waals surface area contributed by atoms with Crippen molar-refractivity contribution in [3.8, 4) is 0 Å². The van der Waals surface area contributed by atoms with E-state index >= 15 is 0 Å². The summed E-state index contributed by atoms with van der Waals surface area (Å²) in [6.07, 6.45) is -0.872. The molecule has 1 unspecified atom stereocenters. The Morgan fingerprint density at radius 1 is 1.05 bits per heavy atom. The van der Waals surface area contributed by atoms with Gasteiger partial charge in [-0.2, -0.15) is 13.2 Å². The molecule has 0 amide bonds. The molecular weight excluding hydrogens is 269 g/mol. The highest BCUT2D eigenvalue weighted by Crippen LogP contribution is 2.42. The van der Waals surface area contributed by atoms with Crippen molar-refractivity contribution in [2.24, 2.45) is 11.7 Å². The van der Waals surface area contributed by atoms with Gasteiger partial charge in [0, 0.05) is 24.9 Å². The molecule has 4 nitrogen and oxygen atoms in total. The second kappa shape index (κ2) is 5.02. The molecule has 0 bridgehead atoms. The zero-order valence-corrected chi connectivity index (χ0v) is 11.2. The first-order valence-electron chi connectivity index (χ1n) is 7.19. The molecule has 2 heterocycles. The van der Waals surface area contributed by atoms with E-state index in [4.69, 9.17) is 5.73 Å². The van der Waals surface area contributed by atoms with E-state index in [0.717, 1.165) is 24.5 Å². The van der Waals surface area contributed by atoms with Crippen molar-refractivity contribution in [1.82, 2.24) is 14.8 Å². The summed E-state index contributed by atoms with van der Waals surface area (Å²) >= 11 is 0. The molecule has 1 aliphatic carbocycles. The van der Waals surface area contributed by atoms with Gasteiger partial charge in [-0.15, -0.1) is 10.2 Å². The number of halogens is 3. The molecule has 20 heavy (non-hydrogen) atoms. The molecule has 3 rings (SSSR count). The summed E-state index contributed by atoms with van der Waals surface area (Å²) < 4.78 is 40.1. The fraction of sp³-hybridized carbons (Fsp3) is 0.846. The maximum atomic E-state index is 12.7. The van der Waals surface area contributed by atoms with E-state index in [1.54, 1.807) is 0 Å². The minimum absolute atomic E-state index is 0.0974. The number of rotatable bonds is 1. The van der Waals surface area contributed by atoms with Crippen LogP contribution in [0.4, 0.5) is 13.2 Å². The molecular formula is C13H19F3N4. The Hall–Kier alpha value is -1.11. The first-order chi connectivity index (χ1) is 9.45. The van der Waals surface area contributed by atoms with E-state index in [9.17, 15) is 13.2 Å². The maximum absolute atomic E-state index is 12.7. The van der Waals surface area contributed by atoms with Crippen molar-refractivity contribution in [3.05, 3.63) is 11.6 Å². The van der Waals surface area contributed by atoms with Crippen molar-refractivity contribution in [2.45, 2.75) is 63.2 Å². The van der Waals surface area contributed by atoms with Gasteiger partial charge in [-0.25, -0.2) is 0 Å². The minimum atomic E-state index is -4.06. The molecule has 1 aromatic heterocycles. The largest absolute Gasteiger partial charge is 0.391 e. The molecule has 1 aliphatic heterocycles. The van der Waals surface area contributed by atoms with E-state index in [1.807, 2.05) is 4.57 Å². The predicted octanol–water partition coefficient (Wildman–Crippen LogP) is 2.39. The highest BCUT2D eigenvalue weighted by atomic mass is 19.4. The molecule has 1 atom stereocenters. The SMILES string of the molecule is NC1CCc2nnc(C3CCC(C(F)(F)F)CC3)n2C1. The Kier molecular flexibility index (Phi) is 3.48. The molecule has 2 aliphatic rings. The Labute approximate surface area is 115 Å². The molecule has 1 saturated carbocycles. The summed E-state index contributed by atoms with van der Waals surface area (Å²) in [6, 6.07) is 0.101. The lowest BCUT2D eigenvalue weighted by molar-refractivity contribution is -0.182. The summed E-state index contributed by atoms with van der Waals surface area (Å²) in [4.78, 5) is 0. The second-order valence-corrected chi connectivity index (χ2v) is 5.97. The van der Waals surface area contributed by atoms with Gasteiger partial charge in [-0.3, -0.25) is 0 Å². The molecule has 1 aromatic rings. The monoisotopic (exact) mass is 288 g/mol. The van der Waals surface area contributed by atoms with E-state index in [2.05, 4.69) is 10.2 Å². The first-order valence-corrected chi connectivity index (χ1v) is 7.19. The number of aryl methyl sites for hydroxylation is 1. The number of hydrogen-bond donors (Lipinski definition) is 1. The van der Waals surface area contributed by atoms with E-state index in [-0.39, 0.29) is 24.8 Å². The van der Waals surface area contributed by atoms with Crippen molar-refractivity contribution >= 4 is 0 Å². The van der Waals surface area contributed by atoms with Gasteiger partial charge in [0.2, 0.25) is 0 Å². The molecule has 0 radical (unpaired) electrons. The summed E-state index contributed by atoms with van der Waals surface area (Å²) in [5, 5.41) is 8.39. The molecule has 0 spiro atoms. The normalized spacial score (nSPS) is 31.1. The number of alkyl halides is 3. The topological polar surface area (TPSA) is 56.7 Å².